The molecule has 2 aromatic rings. The molecule has 2 aliphatic rings. The van der Waals surface area contributed by atoms with Crippen molar-refractivity contribution in [1.82, 2.24) is 10.6 Å². The lowest BCUT2D eigenvalue weighted by molar-refractivity contribution is -0.126. The van der Waals surface area contributed by atoms with Crippen LogP contribution in [0, 0.1) is 5.92 Å². The molecule has 1 heterocycles. The first-order valence-corrected chi connectivity index (χ1v) is 9.91. The summed E-state index contributed by atoms with van der Waals surface area (Å²) in [5.41, 5.74) is 7.64. The van der Waals surface area contributed by atoms with Crippen molar-refractivity contribution in [3.8, 4) is 11.5 Å². The highest BCUT2D eigenvalue weighted by Crippen LogP contribution is 2.36. The standard InChI is InChI=1S/C22H25N3O4/c23-21(27)19-7-3-14-11-17(6-8-18(14)20(19)26)29-16-4-1-13(2-5-16)22(28)25-15-9-10-24-12-15/h1-2,4-6,8,11,15,19-20,24,26H,3,7,9-10,12H2,(H2,23,27)(H,25,28). The molecule has 1 fully saturated rings. The summed E-state index contributed by atoms with van der Waals surface area (Å²) in [6.45, 7) is 1.73. The van der Waals surface area contributed by atoms with Crippen molar-refractivity contribution in [1.29, 1.82) is 0 Å². The third-order valence-electron chi connectivity index (χ3n) is 5.65. The van der Waals surface area contributed by atoms with E-state index in [0.29, 0.717) is 29.9 Å². The van der Waals surface area contributed by atoms with Crippen LogP contribution in [0.3, 0.4) is 0 Å². The SMILES string of the molecule is NC(=O)C1CCc2cc(Oc3ccc(C(=O)NC4CCNC4)cc3)ccc2C1O. The Kier molecular flexibility index (Phi) is 5.51. The summed E-state index contributed by atoms with van der Waals surface area (Å²) < 4.78 is 5.91. The molecule has 0 saturated carbocycles. The third kappa shape index (κ3) is 4.26. The van der Waals surface area contributed by atoms with Crippen LogP contribution in [-0.4, -0.2) is 36.1 Å². The molecule has 3 atom stereocenters. The second kappa shape index (κ2) is 8.23. The van der Waals surface area contributed by atoms with Crippen LogP contribution >= 0.6 is 0 Å². The van der Waals surface area contributed by atoms with Crippen LogP contribution in [0.2, 0.25) is 0 Å². The van der Waals surface area contributed by atoms with Gasteiger partial charge in [-0.15, -0.1) is 0 Å². The number of aliphatic hydroxyl groups excluding tert-OH is 1. The highest BCUT2D eigenvalue weighted by molar-refractivity contribution is 5.94. The Morgan fingerprint density at radius 1 is 1.10 bits per heavy atom. The predicted molar refractivity (Wildman–Crippen MR) is 108 cm³/mol. The van der Waals surface area contributed by atoms with Crippen molar-refractivity contribution in [2.75, 3.05) is 13.1 Å². The summed E-state index contributed by atoms with van der Waals surface area (Å²) >= 11 is 0. The van der Waals surface area contributed by atoms with Gasteiger partial charge in [-0.05, 0) is 73.3 Å². The Hall–Kier alpha value is -2.90. The van der Waals surface area contributed by atoms with Gasteiger partial charge in [0.05, 0.1) is 12.0 Å². The normalized spacial score (nSPS) is 23.3. The molecule has 0 aromatic heterocycles. The number of fused-ring (bicyclic) bond motifs is 1. The quantitative estimate of drug-likeness (QED) is 0.615. The van der Waals surface area contributed by atoms with E-state index in [1.54, 1.807) is 36.4 Å². The number of primary amides is 1. The van der Waals surface area contributed by atoms with Crippen molar-refractivity contribution in [2.45, 2.75) is 31.4 Å². The summed E-state index contributed by atoms with van der Waals surface area (Å²) in [6.07, 6.45) is 1.25. The molecule has 152 valence electrons. The number of aliphatic hydroxyl groups is 1. The molecule has 0 bridgehead atoms. The van der Waals surface area contributed by atoms with Crippen LogP contribution in [0.5, 0.6) is 11.5 Å². The van der Waals surface area contributed by atoms with Gasteiger partial charge in [0.15, 0.2) is 0 Å². The molecule has 1 aliphatic heterocycles. The second-order valence-corrected chi connectivity index (χ2v) is 7.64. The summed E-state index contributed by atoms with van der Waals surface area (Å²) in [5, 5.41) is 16.6. The monoisotopic (exact) mass is 395 g/mol. The Bertz CT molecular complexity index is 907. The van der Waals surface area contributed by atoms with Gasteiger partial charge in [-0.3, -0.25) is 9.59 Å². The Labute approximate surface area is 169 Å². The van der Waals surface area contributed by atoms with Gasteiger partial charge in [0.2, 0.25) is 5.91 Å². The Morgan fingerprint density at radius 3 is 2.55 bits per heavy atom. The third-order valence-corrected chi connectivity index (χ3v) is 5.65. The van der Waals surface area contributed by atoms with E-state index in [0.717, 1.165) is 30.6 Å². The van der Waals surface area contributed by atoms with Crippen molar-refractivity contribution in [3.05, 3.63) is 59.2 Å². The summed E-state index contributed by atoms with van der Waals surface area (Å²) in [6, 6.07) is 12.6. The zero-order valence-electron chi connectivity index (χ0n) is 16.1. The number of aryl methyl sites for hydroxylation is 1. The van der Waals surface area contributed by atoms with Gasteiger partial charge in [-0.1, -0.05) is 6.07 Å². The molecule has 2 amide bonds. The fourth-order valence-electron chi connectivity index (χ4n) is 3.99. The van der Waals surface area contributed by atoms with Gasteiger partial charge in [0, 0.05) is 18.2 Å². The highest BCUT2D eigenvalue weighted by atomic mass is 16.5. The van der Waals surface area contributed by atoms with Gasteiger partial charge in [-0.25, -0.2) is 0 Å². The smallest absolute Gasteiger partial charge is 0.251 e. The lowest BCUT2D eigenvalue weighted by atomic mass is 9.81. The van der Waals surface area contributed by atoms with Gasteiger partial charge in [-0.2, -0.15) is 0 Å². The fraction of sp³-hybridized carbons (Fsp3) is 0.364. The van der Waals surface area contributed by atoms with Crippen LogP contribution in [0.1, 0.15) is 40.4 Å². The lowest BCUT2D eigenvalue weighted by Crippen LogP contribution is -2.36. The minimum absolute atomic E-state index is 0.0861. The number of hydrogen-bond donors (Lipinski definition) is 4. The second-order valence-electron chi connectivity index (χ2n) is 7.64. The number of benzene rings is 2. The molecule has 3 unspecified atom stereocenters. The molecule has 1 saturated heterocycles. The molecule has 29 heavy (non-hydrogen) atoms. The number of nitrogens with two attached hydrogens (primary N) is 1. The first-order valence-electron chi connectivity index (χ1n) is 9.91. The molecule has 2 aromatic carbocycles. The number of ether oxygens (including phenoxy) is 1. The van der Waals surface area contributed by atoms with E-state index in [1.807, 2.05) is 6.07 Å². The maximum atomic E-state index is 12.3. The van der Waals surface area contributed by atoms with E-state index in [2.05, 4.69) is 10.6 Å². The van der Waals surface area contributed by atoms with E-state index in [4.69, 9.17) is 10.5 Å². The average Bonchev–Trinajstić information content (AvgIpc) is 3.21. The first-order chi connectivity index (χ1) is 14.0. The van der Waals surface area contributed by atoms with Crippen LogP contribution < -0.4 is 21.1 Å². The van der Waals surface area contributed by atoms with E-state index in [9.17, 15) is 14.7 Å². The maximum Gasteiger partial charge on any atom is 0.251 e. The fourth-order valence-corrected chi connectivity index (χ4v) is 3.99. The minimum atomic E-state index is -0.877. The molecule has 0 radical (unpaired) electrons. The van der Waals surface area contributed by atoms with E-state index >= 15 is 0 Å². The number of hydrogen-bond acceptors (Lipinski definition) is 5. The van der Waals surface area contributed by atoms with Crippen LogP contribution in [0.25, 0.3) is 0 Å². The Balaban J connectivity index is 1.42. The van der Waals surface area contributed by atoms with Crippen molar-refractivity contribution < 1.29 is 19.4 Å². The van der Waals surface area contributed by atoms with Gasteiger partial charge >= 0.3 is 0 Å². The van der Waals surface area contributed by atoms with Crippen molar-refractivity contribution >= 4 is 11.8 Å². The molecule has 0 spiro atoms. The lowest BCUT2D eigenvalue weighted by Gasteiger charge is -2.28. The van der Waals surface area contributed by atoms with Gasteiger partial charge in [0.1, 0.15) is 11.5 Å². The Morgan fingerprint density at radius 2 is 1.86 bits per heavy atom. The zero-order chi connectivity index (χ0) is 20.4. The first kappa shape index (κ1) is 19.4. The molecule has 1 aliphatic carbocycles. The number of carbonyl (C=O) groups is 2. The topological polar surface area (TPSA) is 114 Å². The minimum Gasteiger partial charge on any atom is -0.457 e. The number of nitrogens with one attached hydrogen (secondary N) is 2. The number of amides is 2. The van der Waals surface area contributed by atoms with Crippen LogP contribution in [-0.2, 0) is 11.2 Å². The van der Waals surface area contributed by atoms with E-state index < -0.39 is 17.9 Å². The van der Waals surface area contributed by atoms with Crippen LogP contribution in [0.15, 0.2) is 42.5 Å². The molecule has 7 heteroatoms. The highest BCUT2D eigenvalue weighted by Gasteiger charge is 2.31. The van der Waals surface area contributed by atoms with Gasteiger partial charge in [0.25, 0.3) is 5.91 Å². The molecule has 4 rings (SSSR count). The predicted octanol–water partition coefficient (Wildman–Crippen LogP) is 1.65. The van der Waals surface area contributed by atoms with Crippen LogP contribution in [0.4, 0.5) is 0 Å². The molecule has 5 N–H and O–H groups in total. The summed E-state index contributed by atoms with van der Waals surface area (Å²) in [5.74, 6) is 0.153. The number of carbonyl (C=O) groups excluding carboxylic acids is 2. The van der Waals surface area contributed by atoms with Gasteiger partial charge < -0.3 is 26.2 Å². The van der Waals surface area contributed by atoms with E-state index in [-0.39, 0.29) is 11.9 Å². The maximum absolute atomic E-state index is 12.3. The zero-order valence-corrected chi connectivity index (χ0v) is 16.1. The van der Waals surface area contributed by atoms with Crippen molar-refractivity contribution in [3.63, 3.8) is 0 Å². The summed E-state index contributed by atoms with van der Waals surface area (Å²) in [7, 11) is 0. The van der Waals surface area contributed by atoms with Crippen molar-refractivity contribution in [2.24, 2.45) is 11.7 Å². The largest absolute Gasteiger partial charge is 0.457 e. The average molecular weight is 395 g/mol. The molecule has 7 nitrogen and oxygen atoms in total. The molecular formula is C22H25N3O4. The van der Waals surface area contributed by atoms with E-state index in [1.165, 1.54) is 0 Å². The number of rotatable bonds is 5. The summed E-state index contributed by atoms with van der Waals surface area (Å²) in [4.78, 5) is 23.8. The molecular weight excluding hydrogens is 370 g/mol.